The number of nitrogens with zero attached hydrogens (tertiary/aromatic N) is 1. The molecule has 0 radical (unpaired) electrons. The lowest BCUT2D eigenvalue weighted by Gasteiger charge is -2.19. The summed E-state index contributed by atoms with van der Waals surface area (Å²) >= 11 is 0. The third kappa shape index (κ3) is 3.98. The van der Waals surface area contributed by atoms with Crippen LogP contribution in [0.5, 0.6) is 0 Å². The van der Waals surface area contributed by atoms with E-state index >= 15 is 0 Å². The summed E-state index contributed by atoms with van der Waals surface area (Å²) < 4.78 is 77.1. The van der Waals surface area contributed by atoms with Gasteiger partial charge in [0, 0.05) is 11.3 Å². The van der Waals surface area contributed by atoms with Crippen LogP contribution >= 0.6 is 0 Å². The van der Waals surface area contributed by atoms with Crippen LogP contribution in [0.4, 0.5) is 32.0 Å². The number of hydrogen-bond donors (Lipinski definition) is 1. The van der Waals surface area contributed by atoms with Gasteiger partial charge in [-0.25, -0.2) is 0 Å². The van der Waals surface area contributed by atoms with Gasteiger partial charge in [-0.15, -0.1) is 0 Å². The van der Waals surface area contributed by atoms with Crippen molar-refractivity contribution in [1.29, 1.82) is 5.26 Å². The lowest BCUT2D eigenvalue weighted by atomic mass is 10.00. The Morgan fingerprint density at radius 1 is 0.875 bits per heavy atom. The molecule has 0 unspecified atom stereocenters. The number of rotatable bonds is 3. The molecular weight excluding hydrogens is 334 g/mol. The molecule has 0 heterocycles. The Morgan fingerprint density at radius 3 is 2.12 bits per heavy atom. The molecule has 126 valence electrons. The number of hydrogen-bond acceptors (Lipinski definition) is 2. The van der Waals surface area contributed by atoms with E-state index in [4.69, 9.17) is 5.26 Å². The van der Waals surface area contributed by atoms with Crippen LogP contribution < -0.4 is 5.32 Å². The molecule has 0 aliphatic carbocycles. The topological polar surface area (TPSA) is 35.8 Å². The normalized spacial score (nSPS) is 13.2. The Bertz CT molecular complexity index is 758. The van der Waals surface area contributed by atoms with Crippen LogP contribution in [0.3, 0.4) is 0 Å². The van der Waals surface area contributed by atoms with Crippen LogP contribution in [0.25, 0.3) is 0 Å². The Kier molecular flexibility index (Phi) is 4.73. The molecule has 0 bridgehead atoms. The maximum atomic E-state index is 13.0. The SMILES string of the molecule is N#C[C@H](Nc1cccc(C(F)(F)F)c1)c1ccccc1C(F)(F)F. The van der Waals surface area contributed by atoms with Crippen molar-refractivity contribution in [1.82, 2.24) is 0 Å². The monoisotopic (exact) mass is 344 g/mol. The molecule has 1 atom stereocenters. The summed E-state index contributed by atoms with van der Waals surface area (Å²) in [4.78, 5) is 0. The highest BCUT2D eigenvalue weighted by Gasteiger charge is 2.35. The maximum absolute atomic E-state index is 13.0. The number of anilines is 1. The first kappa shape index (κ1) is 17.7. The molecule has 24 heavy (non-hydrogen) atoms. The van der Waals surface area contributed by atoms with Gasteiger partial charge in [-0.2, -0.15) is 31.6 Å². The van der Waals surface area contributed by atoms with Gasteiger partial charge in [0.25, 0.3) is 0 Å². The predicted molar refractivity (Wildman–Crippen MR) is 74.9 cm³/mol. The summed E-state index contributed by atoms with van der Waals surface area (Å²) in [7, 11) is 0. The van der Waals surface area contributed by atoms with Gasteiger partial charge >= 0.3 is 12.4 Å². The zero-order chi connectivity index (χ0) is 18.0. The highest BCUT2D eigenvalue weighted by molar-refractivity contribution is 5.51. The molecule has 0 fully saturated rings. The fourth-order valence-electron chi connectivity index (χ4n) is 2.14. The van der Waals surface area contributed by atoms with E-state index in [9.17, 15) is 26.3 Å². The zero-order valence-electron chi connectivity index (χ0n) is 11.9. The van der Waals surface area contributed by atoms with E-state index in [1.807, 2.05) is 0 Å². The molecule has 8 heteroatoms. The Hall–Kier alpha value is -2.69. The number of alkyl halides is 6. The summed E-state index contributed by atoms with van der Waals surface area (Å²) in [6.45, 7) is 0. The fourth-order valence-corrected chi connectivity index (χ4v) is 2.14. The highest BCUT2D eigenvalue weighted by Crippen LogP contribution is 2.36. The lowest BCUT2D eigenvalue weighted by molar-refractivity contribution is -0.138. The van der Waals surface area contributed by atoms with E-state index in [0.717, 1.165) is 30.3 Å². The second kappa shape index (κ2) is 6.43. The Balaban J connectivity index is 2.38. The second-order valence-electron chi connectivity index (χ2n) is 4.87. The zero-order valence-corrected chi connectivity index (χ0v) is 11.9. The van der Waals surface area contributed by atoms with Gasteiger partial charge in [-0.1, -0.05) is 24.3 Å². The van der Waals surface area contributed by atoms with E-state index in [2.05, 4.69) is 5.32 Å². The first-order valence-corrected chi connectivity index (χ1v) is 6.62. The smallest absolute Gasteiger partial charge is 0.366 e. The lowest BCUT2D eigenvalue weighted by Crippen LogP contribution is -2.16. The van der Waals surface area contributed by atoms with Crippen molar-refractivity contribution in [3.63, 3.8) is 0 Å². The van der Waals surface area contributed by atoms with Crippen LogP contribution in [0.15, 0.2) is 48.5 Å². The molecular formula is C16H10F6N2. The van der Waals surface area contributed by atoms with E-state index in [-0.39, 0.29) is 11.3 Å². The minimum absolute atomic E-state index is 0.103. The van der Waals surface area contributed by atoms with Gasteiger partial charge in [-0.3, -0.25) is 0 Å². The third-order valence-electron chi connectivity index (χ3n) is 3.21. The average Bonchev–Trinajstić information content (AvgIpc) is 2.51. The summed E-state index contributed by atoms with van der Waals surface area (Å²) in [6, 6.07) is 8.53. The minimum Gasteiger partial charge on any atom is -0.366 e. The number of nitrogens with one attached hydrogen (secondary N) is 1. The molecule has 0 saturated carbocycles. The second-order valence-corrected chi connectivity index (χ2v) is 4.87. The van der Waals surface area contributed by atoms with Crippen molar-refractivity contribution < 1.29 is 26.3 Å². The van der Waals surface area contributed by atoms with E-state index in [1.165, 1.54) is 18.2 Å². The van der Waals surface area contributed by atoms with E-state index in [1.54, 1.807) is 6.07 Å². The van der Waals surface area contributed by atoms with Crippen molar-refractivity contribution in [2.24, 2.45) is 0 Å². The molecule has 2 aromatic carbocycles. The molecule has 0 spiro atoms. The standard InChI is InChI=1S/C16H10F6N2/c17-15(18,19)10-4-3-5-11(8-10)24-14(9-23)12-6-1-2-7-13(12)16(20,21)22/h1-8,14,24H/t14-/m0/s1. The number of halogens is 6. The molecule has 0 saturated heterocycles. The van der Waals surface area contributed by atoms with Gasteiger partial charge in [0.05, 0.1) is 17.2 Å². The van der Waals surface area contributed by atoms with Gasteiger partial charge in [0.15, 0.2) is 0 Å². The minimum atomic E-state index is -4.68. The van der Waals surface area contributed by atoms with Gasteiger partial charge < -0.3 is 5.32 Å². The third-order valence-corrected chi connectivity index (χ3v) is 3.21. The van der Waals surface area contributed by atoms with Crippen molar-refractivity contribution in [3.05, 3.63) is 65.2 Å². The van der Waals surface area contributed by atoms with E-state index in [0.29, 0.717) is 0 Å². The summed E-state index contributed by atoms with van der Waals surface area (Å²) in [5.74, 6) is 0. The van der Waals surface area contributed by atoms with Gasteiger partial charge in [0.1, 0.15) is 6.04 Å². The van der Waals surface area contributed by atoms with Crippen molar-refractivity contribution in [3.8, 4) is 6.07 Å². The molecule has 0 aliphatic heterocycles. The molecule has 2 nitrogen and oxygen atoms in total. The molecule has 1 N–H and O–H groups in total. The van der Waals surface area contributed by atoms with Crippen LogP contribution in [0, 0.1) is 11.3 Å². The predicted octanol–water partition coefficient (Wildman–Crippen LogP) is 5.40. The summed E-state index contributed by atoms with van der Waals surface area (Å²) in [6.07, 6.45) is -9.27. The Labute approximate surface area is 133 Å². The van der Waals surface area contributed by atoms with Crippen LogP contribution in [-0.2, 0) is 12.4 Å². The molecule has 0 aromatic heterocycles. The fraction of sp³-hybridized carbons (Fsp3) is 0.188. The highest BCUT2D eigenvalue weighted by atomic mass is 19.4. The first-order valence-electron chi connectivity index (χ1n) is 6.62. The van der Waals surface area contributed by atoms with Crippen molar-refractivity contribution in [2.45, 2.75) is 18.4 Å². The Morgan fingerprint density at radius 2 is 1.54 bits per heavy atom. The van der Waals surface area contributed by atoms with E-state index < -0.39 is 29.5 Å². The largest absolute Gasteiger partial charge is 0.416 e. The first-order chi connectivity index (χ1) is 11.1. The summed E-state index contributed by atoms with van der Waals surface area (Å²) in [5.41, 5.74) is -2.44. The van der Waals surface area contributed by atoms with Crippen molar-refractivity contribution >= 4 is 5.69 Å². The van der Waals surface area contributed by atoms with Crippen LogP contribution in [0.2, 0.25) is 0 Å². The molecule has 0 amide bonds. The molecule has 2 aromatic rings. The molecule has 0 aliphatic rings. The quantitative estimate of drug-likeness (QED) is 0.757. The van der Waals surface area contributed by atoms with Gasteiger partial charge in [-0.05, 0) is 24.3 Å². The van der Waals surface area contributed by atoms with Crippen molar-refractivity contribution in [2.75, 3.05) is 5.32 Å². The average molecular weight is 344 g/mol. The number of nitriles is 1. The maximum Gasteiger partial charge on any atom is 0.416 e. The van der Waals surface area contributed by atoms with Crippen LogP contribution in [0.1, 0.15) is 22.7 Å². The number of benzene rings is 2. The van der Waals surface area contributed by atoms with Gasteiger partial charge in [0.2, 0.25) is 0 Å². The molecule has 2 rings (SSSR count). The summed E-state index contributed by atoms with van der Waals surface area (Å²) in [5, 5.41) is 11.6. The van der Waals surface area contributed by atoms with Crippen LogP contribution in [-0.4, -0.2) is 0 Å².